The van der Waals surface area contributed by atoms with Crippen LogP contribution in [0.3, 0.4) is 0 Å². The van der Waals surface area contributed by atoms with Gasteiger partial charge in [0.15, 0.2) is 0 Å². The summed E-state index contributed by atoms with van der Waals surface area (Å²) < 4.78 is 12.2. The third-order valence-electron chi connectivity index (χ3n) is 4.18. The molecular formula is C18H29N3O4. The summed E-state index contributed by atoms with van der Waals surface area (Å²) in [5.41, 5.74) is 0.0339. The zero-order chi connectivity index (χ0) is 18.4. The number of hydrogen-bond donors (Lipinski definition) is 0. The minimum Gasteiger partial charge on any atom is -0.462 e. The van der Waals surface area contributed by atoms with Crippen molar-refractivity contribution in [3.8, 4) is 0 Å². The molecule has 7 nitrogen and oxygen atoms in total. The SMILES string of the molecule is CCOC(=O)c1cnn(CCC2CCN(C(=O)OC(C)(C)C)CC2)c1. The van der Waals surface area contributed by atoms with Gasteiger partial charge in [-0.3, -0.25) is 4.68 Å². The molecule has 0 aliphatic carbocycles. The van der Waals surface area contributed by atoms with Crippen LogP contribution in [-0.4, -0.2) is 52.0 Å². The second kappa shape index (κ2) is 8.36. The van der Waals surface area contributed by atoms with Gasteiger partial charge in [0.05, 0.1) is 18.4 Å². The van der Waals surface area contributed by atoms with E-state index in [1.54, 1.807) is 28.9 Å². The Morgan fingerprint density at radius 1 is 1.28 bits per heavy atom. The van der Waals surface area contributed by atoms with E-state index in [4.69, 9.17) is 9.47 Å². The van der Waals surface area contributed by atoms with Gasteiger partial charge in [0, 0.05) is 25.8 Å². The highest BCUT2D eigenvalue weighted by Crippen LogP contribution is 2.22. The third-order valence-corrected chi connectivity index (χ3v) is 4.18. The number of ether oxygens (including phenoxy) is 2. The second-order valence-corrected chi connectivity index (χ2v) is 7.41. The van der Waals surface area contributed by atoms with Crippen molar-refractivity contribution in [2.45, 2.75) is 59.1 Å². The maximum Gasteiger partial charge on any atom is 0.410 e. The van der Waals surface area contributed by atoms with Gasteiger partial charge in [-0.2, -0.15) is 5.10 Å². The van der Waals surface area contributed by atoms with E-state index in [0.717, 1.165) is 38.9 Å². The van der Waals surface area contributed by atoms with Crippen molar-refractivity contribution in [3.05, 3.63) is 18.0 Å². The van der Waals surface area contributed by atoms with E-state index >= 15 is 0 Å². The fraction of sp³-hybridized carbons (Fsp3) is 0.722. The van der Waals surface area contributed by atoms with Gasteiger partial charge in [-0.15, -0.1) is 0 Å². The first-order chi connectivity index (χ1) is 11.8. The topological polar surface area (TPSA) is 73.7 Å². The largest absolute Gasteiger partial charge is 0.462 e. The molecule has 0 bridgehead atoms. The van der Waals surface area contributed by atoms with Crippen LogP contribution in [-0.2, 0) is 16.0 Å². The molecule has 140 valence electrons. The molecule has 2 rings (SSSR count). The van der Waals surface area contributed by atoms with Crippen molar-refractivity contribution >= 4 is 12.1 Å². The molecule has 0 saturated carbocycles. The number of carbonyl (C=O) groups excluding carboxylic acids is 2. The van der Waals surface area contributed by atoms with E-state index in [0.29, 0.717) is 18.1 Å². The smallest absolute Gasteiger partial charge is 0.410 e. The molecule has 0 atom stereocenters. The maximum atomic E-state index is 12.1. The average molecular weight is 351 g/mol. The minimum absolute atomic E-state index is 0.225. The molecule has 1 fully saturated rings. The van der Waals surface area contributed by atoms with Gasteiger partial charge in [-0.05, 0) is 52.9 Å². The number of carbonyl (C=O) groups is 2. The van der Waals surface area contributed by atoms with Crippen LogP contribution >= 0.6 is 0 Å². The Bertz CT molecular complexity index is 583. The number of aromatic nitrogens is 2. The van der Waals surface area contributed by atoms with E-state index in [2.05, 4.69) is 5.10 Å². The summed E-state index contributed by atoms with van der Waals surface area (Å²) in [6.07, 6.45) is 5.96. The normalized spacial score (nSPS) is 15.9. The van der Waals surface area contributed by atoms with Crippen LogP contribution in [0.2, 0.25) is 0 Å². The number of nitrogens with zero attached hydrogens (tertiary/aromatic N) is 3. The van der Waals surface area contributed by atoms with E-state index in [-0.39, 0.29) is 12.1 Å². The number of piperidine rings is 1. The molecule has 0 N–H and O–H groups in total. The van der Waals surface area contributed by atoms with E-state index in [1.165, 1.54) is 0 Å². The van der Waals surface area contributed by atoms with Gasteiger partial charge in [-0.25, -0.2) is 9.59 Å². The Hall–Kier alpha value is -2.05. The Morgan fingerprint density at radius 2 is 1.96 bits per heavy atom. The zero-order valence-corrected chi connectivity index (χ0v) is 15.7. The van der Waals surface area contributed by atoms with Crippen molar-refractivity contribution in [2.24, 2.45) is 5.92 Å². The third kappa shape index (κ3) is 6.07. The Labute approximate surface area is 149 Å². The van der Waals surface area contributed by atoms with Gasteiger partial charge < -0.3 is 14.4 Å². The zero-order valence-electron chi connectivity index (χ0n) is 15.7. The molecule has 1 aromatic heterocycles. The molecular weight excluding hydrogens is 322 g/mol. The van der Waals surface area contributed by atoms with E-state index < -0.39 is 5.60 Å². The van der Waals surface area contributed by atoms with Crippen molar-refractivity contribution in [2.75, 3.05) is 19.7 Å². The second-order valence-electron chi connectivity index (χ2n) is 7.41. The van der Waals surface area contributed by atoms with Crippen LogP contribution < -0.4 is 0 Å². The number of amides is 1. The molecule has 1 amide bonds. The molecule has 0 spiro atoms. The first kappa shape index (κ1) is 19.3. The Kier molecular flexibility index (Phi) is 6.45. The number of hydrogen-bond acceptors (Lipinski definition) is 5. The molecule has 25 heavy (non-hydrogen) atoms. The highest BCUT2D eigenvalue weighted by molar-refractivity contribution is 5.88. The maximum absolute atomic E-state index is 12.1. The molecule has 1 aliphatic rings. The van der Waals surface area contributed by atoms with Crippen LogP contribution in [0, 0.1) is 5.92 Å². The molecule has 1 aromatic rings. The summed E-state index contributed by atoms with van der Waals surface area (Å²) in [6.45, 7) is 10.0. The first-order valence-electron chi connectivity index (χ1n) is 8.96. The van der Waals surface area contributed by atoms with Crippen molar-refractivity contribution < 1.29 is 19.1 Å². The molecule has 0 radical (unpaired) electrons. The number of esters is 1. The number of aryl methyl sites for hydroxylation is 1. The minimum atomic E-state index is -0.454. The quantitative estimate of drug-likeness (QED) is 0.762. The van der Waals surface area contributed by atoms with Crippen molar-refractivity contribution in [1.29, 1.82) is 0 Å². The number of likely N-dealkylation sites (tertiary alicyclic amines) is 1. The predicted molar refractivity (Wildman–Crippen MR) is 93.3 cm³/mol. The van der Waals surface area contributed by atoms with Crippen LogP contribution in [0.15, 0.2) is 12.4 Å². The molecule has 1 saturated heterocycles. The lowest BCUT2D eigenvalue weighted by atomic mass is 9.94. The van der Waals surface area contributed by atoms with Crippen molar-refractivity contribution in [3.63, 3.8) is 0 Å². The number of rotatable bonds is 5. The van der Waals surface area contributed by atoms with Gasteiger partial charge in [-0.1, -0.05) is 0 Å². The van der Waals surface area contributed by atoms with Gasteiger partial charge in [0.25, 0.3) is 0 Å². The summed E-state index contributed by atoms with van der Waals surface area (Å²) in [4.78, 5) is 25.5. The van der Waals surface area contributed by atoms with Crippen molar-refractivity contribution in [1.82, 2.24) is 14.7 Å². The molecule has 1 aliphatic heterocycles. The fourth-order valence-electron chi connectivity index (χ4n) is 2.85. The Balaban J connectivity index is 1.74. The predicted octanol–water partition coefficient (Wildman–Crippen LogP) is 3.10. The van der Waals surface area contributed by atoms with Gasteiger partial charge >= 0.3 is 12.1 Å². The summed E-state index contributed by atoms with van der Waals surface area (Å²) in [7, 11) is 0. The average Bonchev–Trinajstić information content (AvgIpc) is 3.01. The van der Waals surface area contributed by atoms with Crippen LogP contribution in [0.4, 0.5) is 4.79 Å². The molecule has 7 heteroatoms. The van der Waals surface area contributed by atoms with Crippen LogP contribution in [0.5, 0.6) is 0 Å². The lowest BCUT2D eigenvalue weighted by Gasteiger charge is -2.33. The lowest BCUT2D eigenvalue weighted by Crippen LogP contribution is -2.41. The lowest BCUT2D eigenvalue weighted by molar-refractivity contribution is 0.0179. The standard InChI is InChI=1S/C18H29N3O4/c1-5-24-16(22)15-12-19-21(13-15)11-8-14-6-9-20(10-7-14)17(23)25-18(2,3)4/h12-14H,5-11H2,1-4H3. The Morgan fingerprint density at radius 3 is 2.56 bits per heavy atom. The van der Waals surface area contributed by atoms with Gasteiger partial charge in [0.2, 0.25) is 0 Å². The fourth-order valence-corrected chi connectivity index (χ4v) is 2.85. The summed E-state index contributed by atoms with van der Waals surface area (Å²) >= 11 is 0. The molecule has 0 unspecified atom stereocenters. The van der Waals surface area contributed by atoms with E-state index in [9.17, 15) is 9.59 Å². The molecule has 0 aromatic carbocycles. The van der Waals surface area contributed by atoms with Crippen LogP contribution in [0.25, 0.3) is 0 Å². The highest BCUT2D eigenvalue weighted by atomic mass is 16.6. The summed E-state index contributed by atoms with van der Waals surface area (Å²) in [6, 6.07) is 0. The highest BCUT2D eigenvalue weighted by Gasteiger charge is 2.26. The summed E-state index contributed by atoms with van der Waals surface area (Å²) in [5.74, 6) is 0.216. The van der Waals surface area contributed by atoms with Gasteiger partial charge in [0.1, 0.15) is 5.60 Å². The monoisotopic (exact) mass is 351 g/mol. The van der Waals surface area contributed by atoms with E-state index in [1.807, 2.05) is 20.8 Å². The molecule has 2 heterocycles. The first-order valence-corrected chi connectivity index (χ1v) is 8.96. The van der Waals surface area contributed by atoms with Crippen LogP contribution in [0.1, 0.15) is 57.3 Å². The summed E-state index contributed by atoms with van der Waals surface area (Å²) in [5, 5.41) is 4.22.